The van der Waals surface area contributed by atoms with Crippen molar-refractivity contribution in [1.29, 1.82) is 0 Å². The van der Waals surface area contributed by atoms with Gasteiger partial charge >= 0.3 is 0 Å². The first-order valence-electron chi connectivity index (χ1n) is 9.87. The summed E-state index contributed by atoms with van der Waals surface area (Å²) in [5, 5.41) is 12.3. The molecule has 1 heterocycles. The van der Waals surface area contributed by atoms with Gasteiger partial charge in [0.15, 0.2) is 0 Å². The SMILES string of the molecule is O=C(NCC[C@@H]1CC[C@@H](NS(=O)(=O)c2ccc(F)cc2)[C@H](CO)O1)c1ccccc1F. The molecule has 3 rings (SSSR count). The molecule has 1 aliphatic heterocycles. The van der Waals surface area contributed by atoms with Gasteiger partial charge < -0.3 is 15.2 Å². The molecule has 7 nitrogen and oxygen atoms in total. The van der Waals surface area contributed by atoms with Crippen LogP contribution in [0.3, 0.4) is 0 Å². The molecule has 10 heteroatoms. The van der Waals surface area contributed by atoms with E-state index in [1.807, 2.05) is 0 Å². The highest BCUT2D eigenvalue weighted by molar-refractivity contribution is 7.89. The van der Waals surface area contributed by atoms with Gasteiger partial charge in [-0.3, -0.25) is 4.79 Å². The first-order valence-corrected chi connectivity index (χ1v) is 11.4. The predicted octanol–water partition coefficient (Wildman–Crippen LogP) is 1.97. The molecule has 0 radical (unpaired) electrons. The third-order valence-corrected chi connectivity index (χ3v) is 6.60. The van der Waals surface area contributed by atoms with Crippen LogP contribution in [-0.4, -0.2) is 50.8 Å². The smallest absolute Gasteiger partial charge is 0.254 e. The summed E-state index contributed by atoms with van der Waals surface area (Å²) in [6, 6.07) is 9.46. The Labute approximate surface area is 179 Å². The maximum Gasteiger partial charge on any atom is 0.254 e. The zero-order valence-corrected chi connectivity index (χ0v) is 17.4. The molecule has 1 amide bonds. The van der Waals surface area contributed by atoms with Crippen molar-refractivity contribution in [2.75, 3.05) is 13.2 Å². The number of benzene rings is 2. The van der Waals surface area contributed by atoms with Crippen molar-refractivity contribution < 1.29 is 31.8 Å². The van der Waals surface area contributed by atoms with Crippen molar-refractivity contribution in [2.24, 2.45) is 0 Å². The highest BCUT2D eigenvalue weighted by Crippen LogP contribution is 2.23. The molecule has 1 fully saturated rings. The summed E-state index contributed by atoms with van der Waals surface area (Å²) in [6.45, 7) is -0.156. The molecule has 168 valence electrons. The molecule has 0 bridgehead atoms. The summed E-state index contributed by atoms with van der Waals surface area (Å²) < 4.78 is 60.0. The van der Waals surface area contributed by atoms with Gasteiger partial charge in [0.25, 0.3) is 5.91 Å². The van der Waals surface area contributed by atoms with Crippen LogP contribution in [0.4, 0.5) is 8.78 Å². The molecule has 3 atom stereocenters. The zero-order chi connectivity index (χ0) is 22.4. The van der Waals surface area contributed by atoms with Crippen LogP contribution in [0.25, 0.3) is 0 Å². The van der Waals surface area contributed by atoms with E-state index in [1.165, 1.54) is 18.2 Å². The minimum atomic E-state index is -3.90. The van der Waals surface area contributed by atoms with E-state index in [0.717, 1.165) is 24.3 Å². The van der Waals surface area contributed by atoms with Gasteiger partial charge in [-0.25, -0.2) is 21.9 Å². The van der Waals surface area contributed by atoms with Crippen LogP contribution in [0.1, 0.15) is 29.6 Å². The van der Waals surface area contributed by atoms with E-state index in [-0.39, 0.29) is 23.1 Å². The van der Waals surface area contributed by atoms with Gasteiger partial charge in [-0.05, 0) is 55.7 Å². The van der Waals surface area contributed by atoms with Gasteiger partial charge in [0.1, 0.15) is 11.6 Å². The van der Waals surface area contributed by atoms with Crippen LogP contribution in [0.2, 0.25) is 0 Å². The van der Waals surface area contributed by atoms with E-state index in [4.69, 9.17) is 4.74 Å². The van der Waals surface area contributed by atoms with Crippen LogP contribution in [0.5, 0.6) is 0 Å². The molecule has 2 aromatic rings. The van der Waals surface area contributed by atoms with Crippen molar-refractivity contribution in [3.63, 3.8) is 0 Å². The summed E-state index contributed by atoms with van der Waals surface area (Å²) in [4.78, 5) is 12.0. The first-order chi connectivity index (χ1) is 14.8. The van der Waals surface area contributed by atoms with E-state index in [0.29, 0.717) is 19.3 Å². The fraction of sp³-hybridized carbons (Fsp3) is 0.381. The van der Waals surface area contributed by atoms with Gasteiger partial charge in [-0.2, -0.15) is 0 Å². The number of sulfonamides is 1. The quantitative estimate of drug-likeness (QED) is 0.566. The Morgan fingerprint density at radius 2 is 1.81 bits per heavy atom. The summed E-state index contributed by atoms with van der Waals surface area (Å²) in [7, 11) is -3.90. The molecular formula is C21H24F2N2O5S. The minimum absolute atomic E-state index is 0.0458. The molecule has 0 saturated carbocycles. The molecule has 2 aromatic carbocycles. The Kier molecular flexibility index (Phi) is 7.71. The second kappa shape index (κ2) is 10.3. The Morgan fingerprint density at radius 1 is 1.10 bits per heavy atom. The van der Waals surface area contributed by atoms with Gasteiger partial charge in [-0.1, -0.05) is 12.1 Å². The van der Waals surface area contributed by atoms with Gasteiger partial charge in [0.2, 0.25) is 10.0 Å². The first kappa shape index (κ1) is 23.3. The standard InChI is InChI=1S/C21H24F2N2O5S/c22-14-5-8-16(9-6-14)31(28,29)25-19-10-7-15(30-20(19)13-26)11-12-24-21(27)17-3-1-2-4-18(17)23/h1-6,8-9,15,19-20,25-26H,7,10-13H2,(H,24,27)/t15-,19+,20-/m0/s1. The van der Waals surface area contributed by atoms with Gasteiger partial charge in [0.05, 0.1) is 35.3 Å². The molecule has 3 N–H and O–H groups in total. The van der Waals surface area contributed by atoms with E-state index in [2.05, 4.69) is 10.0 Å². The summed E-state index contributed by atoms with van der Waals surface area (Å²) in [6.07, 6.45) is 0.273. The van der Waals surface area contributed by atoms with Crippen LogP contribution in [-0.2, 0) is 14.8 Å². The van der Waals surface area contributed by atoms with E-state index >= 15 is 0 Å². The zero-order valence-electron chi connectivity index (χ0n) is 16.6. The lowest BCUT2D eigenvalue weighted by molar-refractivity contribution is -0.0871. The monoisotopic (exact) mass is 454 g/mol. The lowest BCUT2D eigenvalue weighted by Gasteiger charge is -2.36. The number of halogens is 2. The highest BCUT2D eigenvalue weighted by Gasteiger charge is 2.33. The number of aliphatic hydroxyl groups excluding tert-OH is 1. The highest BCUT2D eigenvalue weighted by atomic mass is 32.2. The normalized spacial score (nSPS) is 21.6. The molecule has 0 aromatic heterocycles. The number of hydrogen-bond acceptors (Lipinski definition) is 5. The Bertz CT molecular complexity index is 1000. The molecular weight excluding hydrogens is 430 g/mol. The lowest BCUT2D eigenvalue weighted by Crippen LogP contribution is -2.51. The van der Waals surface area contributed by atoms with E-state index in [1.54, 1.807) is 6.07 Å². The molecule has 0 unspecified atom stereocenters. The Hall–Kier alpha value is -2.40. The fourth-order valence-corrected chi connectivity index (χ4v) is 4.75. The maximum absolute atomic E-state index is 13.7. The van der Waals surface area contributed by atoms with Crippen molar-refractivity contribution in [1.82, 2.24) is 10.0 Å². The van der Waals surface area contributed by atoms with Crippen molar-refractivity contribution >= 4 is 15.9 Å². The van der Waals surface area contributed by atoms with Crippen molar-refractivity contribution in [3.05, 3.63) is 65.7 Å². The minimum Gasteiger partial charge on any atom is -0.394 e. The third-order valence-electron chi connectivity index (χ3n) is 5.10. The largest absolute Gasteiger partial charge is 0.394 e. The molecule has 1 saturated heterocycles. The second-order valence-electron chi connectivity index (χ2n) is 7.26. The summed E-state index contributed by atoms with van der Waals surface area (Å²) in [5.41, 5.74) is -0.0458. The molecule has 0 spiro atoms. The fourth-order valence-electron chi connectivity index (χ4n) is 3.45. The number of hydrogen-bond donors (Lipinski definition) is 3. The number of nitrogens with one attached hydrogen (secondary N) is 2. The van der Waals surface area contributed by atoms with Crippen LogP contribution in [0.15, 0.2) is 53.4 Å². The van der Waals surface area contributed by atoms with E-state index < -0.39 is 46.3 Å². The van der Waals surface area contributed by atoms with Gasteiger partial charge in [0, 0.05) is 6.54 Å². The van der Waals surface area contributed by atoms with Crippen molar-refractivity contribution in [3.8, 4) is 0 Å². The average molecular weight is 454 g/mol. The van der Waals surface area contributed by atoms with Crippen LogP contribution in [0, 0.1) is 11.6 Å². The topological polar surface area (TPSA) is 105 Å². The van der Waals surface area contributed by atoms with Crippen LogP contribution < -0.4 is 10.0 Å². The molecule has 1 aliphatic rings. The number of carbonyl (C=O) groups is 1. The number of rotatable bonds is 8. The average Bonchev–Trinajstić information content (AvgIpc) is 2.75. The lowest BCUT2D eigenvalue weighted by atomic mass is 9.98. The Balaban J connectivity index is 1.51. The van der Waals surface area contributed by atoms with Gasteiger partial charge in [-0.15, -0.1) is 0 Å². The molecule has 0 aliphatic carbocycles. The second-order valence-corrected chi connectivity index (χ2v) is 8.98. The number of carbonyl (C=O) groups excluding carboxylic acids is 1. The maximum atomic E-state index is 13.7. The summed E-state index contributed by atoms with van der Waals surface area (Å²) >= 11 is 0. The van der Waals surface area contributed by atoms with Crippen molar-refractivity contribution in [2.45, 2.75) is 42.4 Å². The van der Waals surface area contributed by atoms with Crippen LogP contribution >= 0.6 is 0 Å². The third kappa shape index (κ3) is 6.07. The number of aliphatic hydroxyl groups is 1. The molecule has 31 heavy (non-hydrogen) atoms. The Morgan fingerprint density at radius 3 is 2.48 bits per heavy atom. The summed E-state index contributed by atoms with van der Waals surface area (Å²) in [5.74, 6) is -1.68. The predicted molar refractivity (Wildman–Crippen MR) is 109 cm³/mol. The number of ether oxygens (including phenoxy) is 1. The number of amides is 1. The van der Waals surface area contributed by atoms with E-state index in [9.17, 15) is 27.1 Å².